The van der Waals surface area contributed by atoms with Crippen LogP contribution in [-0.2, 0) is 4.84 Å². The number of amidine groups is 1. The summed E-state index contributed by atoms with van der Waals surface area (Å²) < 4.78 is 21.0. The van der Waals surface area contributed by atoms with Crippen molar-refractivity contribution < 1.29 is 14.0 Å². The predicted octanol–water partition coefficient (Wildman–Crippen LogP) is 4.89. The third kappa shape index (κ3) is 3.91. The maximum atomic E-state index is 13.4. The van der Waals surface area contributed by atoms with Crippen LogP contribution in [-0.4, -0.2) is 40.7 Å². The zero-order chi connectivity index (χ0) is 22.1. The Kier molecular flexibility index (Phi) is 5.49. The molecule has 7 heteroatoms. The first-order chi connectivity index (χ1) is 15.6. The van der Waals surface area contributed by atoms with Gasteiger partial charge in [0, 0.05) is 19.2 Å². The molecular weight excluding hydrogens is 407 g/mol. The van der Waals surface area contributed by atoms with Crippen molar-refractivity contribution in [2.75, 3.05) is 20.3 Å². The van der Waals surface area contributed by atoms with E-state index in [1.807, 2.05) is 47.0 Å². The summed E-state index contributed by atoms with van der Waals surface area (Å²) in [5.41, 5.74) is 5.07. The topological polar surface area (TPSA) is 51.9 Å². The SMILES string of the molecule is COc1cc(C=C2CCON3C2=NCCC3c2ccc(F)cc2)ccc1-n1cnc(C)c1. The molecule has 32 heavy (non-hydrogen) atoms. The predicted molar refractivity (Wildman–Crippen MR) is 121 cm³/mol. The largest absolute Gasteiger partial charge is 0.495 e. The van der Waals surface area contributed by atoms with Crippen molar-refractivity contribution in [3.63, 3.8) is 0 Å². The van der Waals surface area contributed by atoms with Crippen LogP contribution < -0.4 is 4.74 Å². The van der Waals surface area contributed by atoms with Gasteiger partial charge < -0.3 is 9.30 Å². The second-order valence-electron chi connectivity index (χ2n) is 7.99. The van der Waals surface area contributed by atoms with Gasteiger partial charge >= 0.3 is 0 Å². The molecule has 2 aliphatic heterocycles. The van der Waals surface area contributed by atoms with E-state index < -0.39 is 0 Å². The molecule has 1 saturated heterocycles. The highest BCUT2D eigenvalue weighted by Crippen LogP contribution is 2.34. The summed E-state index contributed by atoms with van der Waals surface area (Å²) >= 11 is 0. The molecule has 2 aromatic carbocycles. The number of nitrogens with zero attached hydrogens (tertiary/aromatic N) is 4. The first kappa shape index (κ1) is 20.5. The Hall–Kier alpha value is -3.45. The highest BCUT2D eigenvalue weighted by Gasteiger charge is 2.32. The number of hydroxylamine groups is 2. The molecule has 0 radical (unpaired) electrons. The average Bonchev–Trinajstić information content (AvgIpc) is 3.25. The average molecular weight is 432 g/mol. The van der Waals surface area contributed by atoms with Crippen LogP contribution in [0.25, 0.3) is 11.8 Å². The summed E-state index contributed by atoms with van der Waals surface area (Å²) in [6.45, 7) is 3.24. The van der Waals surface area contributed by atoms with Crippen molar-refractivity contribution in [1.82, 2.24) is 14.6 Å². The van der Waals surface area contributed by atoms with E-state index >= 15 is 0 Å². The summed E-state index contributed by atoms with van der Waals surface area (Å²) in [7, 11) is 1.67. The summed E-state index contributed by atoms with van der Waals surface area (Å²) in [5, 5.41) is 1.89. The van der Waals surface area contributed by atoms with E-state index in [1.165, 1.54) is 12.1 Å². The first-order valence-electron chi connectivity index (χ1n) is 10.7. The smallest absolute Gasteiger partial charge is 0.151 e. The molecule has 0 amide bonds. The monoisotopic (exact) mass is 432 g/mol. The van der Waals surface area contributed by atoms with Crippen LogP contribution in [0.1, 0.15) is 35.7 Å². The number of fused-ring (bicyclic) bond motifs is 1. The number of hydrogen-bond acceptors (Lipinski definition) is 5. The number of halogens is 1. The lowest BCUT2D eigenvalue weighted by molar-refractivity contribution is -0.141. The third-order valence-corrected chi connectivity index (χ3v) is 5.83. The van der Waals surface area contributed by atoms with Gasteiger partial charge in [-0.1, -0.05) is 18.2 Å². The van der Waals surface area contributed by atoms with Crippen LogP contribution in [0.2, 0.25) is 0 Å². The van der Waals surface area contributed by atoms with Crippen LogP contribution in [0.4, 0.5) is 4.39 Å². The second kappa shape index (κ2) is 8.59. The van der Waals surface area contributed by atoms with Gasteiger partial charge in [0.2, 0.25) is 0 Å². The molecule has 0 aliphatic carbocycles. The fourth-order valence-electron chi connectivity index (χ4n) is 4.26. The molecule has 0 N–H and O–H groups in total. The van der Waals surface area contributed by atoms with Gasteiger partial charge in [0.15, 0.2) is 5.84 Å². The van der Waals surface area contributed by atoms with Crippen LogP contribution in [0.15, 0.2) is 65.6 Å². The van der Waals surface area contributed by atoms with Gasteiger partial charge in [0.05, 0.1) is 37.5 Å². The Balaban J connectivity index is 1.45. The molecule has 1 fully saturated rings. The molecule has 6 nitrogen and oxygen atoms in total. The molecule has 1 atom stereocenters. The number of aromatic nitrogens is 2. The Bertz CT molecular complexity index is 1180. The van der Waals surface area contributed by atoms with Crippen LogP contribution >= 0.6 is 0 Å². The number of methoxy groups -OCH3 is 1. The lowest BCUT2D eigenvalue weighted by Crippen LogP contribution is -2.43. The Morgan fingerprint density at radius 1 is 1.19 bits per heavy atom. The zero-order valence-corrected chi connectivity index (χ0v) is 18.2. The van der Waals surface area contributed by atoms with E-state index in [-0.39, 0.29) is 11.9 Å². The van der Waals surface area contributed by atoms with Gasteiger partial charge in [0.25, 0.3) is 0 Å². The molecule has 2 aliphatic rings. The van der Waals surface area contributed by atoms with Crippen molar-refractivity contribution in [3.8, 4) is 11.4 Å². The lowest BCUT2D eigenvalue weighted by atomic mass is 9.98. The Morgan fingerprint density at radius 2 is 2.03 bits per heavy atom. The molecule has 1 unspecified atom stereocenters. The van der Waals surface area contributed by atoms with Crippen molar-refractivity contribution in [3.05, 3.63) is 83.2 Å². The number of ether oxygens (including phenoxy) is 1. The molecule has 0 bridgehead atoms. The molecule has 0 spiro atoms. The van der Waals surface area contributed by atoms with Crippen molar-refractivity contribution in [2.45, 2.75) is 25.8 Å². The third-order valence-electron chi connectivity index (χ3n) is 5.83. The first-order valence-corrected chi connectivity index (χ1v) is 10.7. The number of aryl methyl sites for hydroxylation is 1. The van der Waals surface area contributed by atoms with Crippen LogP contribution in [0.5, 0.6) is 5.75 Å². The number of imidazole rings is 1. The highest BCUT2D eigenvalue weighted by molar-refractivity contribution is 6.02. The molecule has 164 valence electrons. The molecule has 3 aromatic rings. The van der Waals surface area contributed by atoms with Gasteiger partial charge in [-0.05, 0) is 60.4 Å². The quantitative estimate of drug-likeness (QED) is 0.589. The zero-order valence-electron chi connectivity index (χ0n) is 18.2. The molecule has 1 aromatic heterocycles. The van der Waals surface area contributed by atoms with Gasteiger partial charge in [-0.25, -0.2) is 14.4 Å². The summed E-state index contributed by atoms with van der Waals surface area (Å²) in [5.74, 6) is 1.39. The fourth-order valence-corrected chi connectivity index (χ4v) is 4.26. The summed E-state index contributed by atoms with van der Waals surface area (Å²) in [4.78, 5) is 15.1. The van der Waals surface area contributed by atoms with E-state index in [1.54, 1.807) is 13.4 Å². The van der Waals surface area contributed by atoms with E-state index in [9.17, 15) is 4.39 Å². The van der Waals surface area contributed by atoms with Crippen molar-refractivity contribution in [1.29, 1.82) is 0 Å². The highest BCUT2D eigenvalue weighted by atomic mass is 19.1. The van der Waals surface area contributed by atoms with Crippen molar-refractivity contribution >= 4 is 11.9 Å². The molecule has 5 rings (SSSR count). The van der Waals surface area contributed by atoms with Gasteiger partial charge in [-0.15, -0.1) is 0 Å². The minimum Gasteiger partial charge on any atom is -0.495 e. The number of benzene rings is 2. The van der Waals surface area contributed by atoms with Gasteiger partial charge in [-0.2, -0.15) is 0 Å². The number of aliphatic imine (C=N–C) groups is 1. The van der Waals surface area contributed by atoms with Gasteiger partial charge in [0.1, 0.15) is 11.6 Å². The van der Waals surface area contributed by atoms with E-state index in [4.69, 9.17) is 14.6 Å². The minimum atomic E-state index is -0.234. The fraction of sp³-hybridized carbons (Fsp3) is 0.280. The second-order valence-corrected chi connectivity index (χ2v) is 7.99. The normalized spacial score (nSPS) is 19.6. The standard InChI is InChI=1S/C25H25FN4O2/c1-17-15-29(16-28-17)23-8-3-18(14-24(23)31-2)13-20-10-12-32-30-22(9-11-27-25(20)30)19-4-6-21(26)7-5-19/h3-8,13-16,22H,9-12H2,1-2H3. The molecular formula is C25H25FN4O2. The molecule has 3 heterocycles. The van der Waals surface area contributed by atoms with E-state index in [2.05, 4.69) is 17.1 Å². The minimum absolute atomic E-state index is 0.0215. The summed E-state index contributed by atoms with van der Waals surface area (Å²) in [6, 6.07) is 12.8. The van der Waals surface area contributed by atoms with E-state index in [0.717, 1.165) is 52.5 Å². The number of rotatable bonds is 4. The van der Waals surface area contributed by atoms with Crippen LogP contribution in [0, 0.1) is 12.7 Å². The number of hydrogen-bond donors (Lipinski definition) is 0. The maximum absolute atomic E-state index is 13.4. The lowest BCUT2D eigenvalue weighted by Gasteiger charge is -2.40. The summed E-state index contributed by atoms with van der Waals surface area (Å²) in [6.07, 6.45) is 7.51. The van der Waals surface area contributed by atoms with Crippen LogP contribution in [0.3, 0.4) is 0 Å². The molecule has 0 saturated carbocycles. The van der Waals surface area contributed by atoms with Crippen molar-refractivity contribution in [2.24, 2.45) is 4.99 Å². The maximum Gasteiger partial charge on any atom is 0.151 e. The van der Waals surface area contributed by atoms with E-state index in [0.29, 0.717) is 13.2 Å². The Morgan fingerprint density at radius 3 is 2.78 bits per heavy atom. The van der Waals surface area contributed by atoms with Gasteiger partial charge in [-0.3, -0.25) is 9.83 Å². The Labute approximate surface area is 186 Å².